The summed E-state index contributed by atoms with van der Waals surface area (Å²) in [6.07, 6.45) is 1.19. The molecule has 2 aromatic rings. The normalized spacial score (nSPS) is 20.6. The Morgan fingerprint density at radius 1 is 1.15 bits per heavy atom. The number of carbonyl (C=O) groups excluding carboxylic acids is 3. The zero-order chi connectivity index (χ0) is 24.5. The first-order chi connectivity index (χ1) is 16.2. The van der Waals surface area contributed by atoms with Crippen LogP contribution in [0.2, 0.25) is 0 Å². The third kappa shape index (κ3) is 4.81. The molecule has 2 aliphatic rings. The summed E-state index contributed by atoms with van der Waals surface area (Å²) in [4.78, 5) is 41.9. The minimum atomic E-state index is -3.92. The quantitative estimate of drug-likeness (QED) is 0.581. The molecule has 0 spiro atoms. The summed E-state index contributed by atoms with van der Waals surface area (Å²) in [5.41, 5.74) is 0.564. The summed E-state index contributed by atoms with van der Waals surface area (Å²) in [6, 6.07) is 10.6. The lowest BCUT2D eigenvalue weighted by atomic mass is 10.1. The molecular formula is C23H25N3O7S. The number of amides is 3. The van der Waals surface area contributed by atoms with Crippen molar-refractivity contribution in [2.24, 2.45) is 5.14 Å². The van der Waals surface area contributed by atoms with E-state index in [1.54, 1.807) is 24.3 Å². The van der Waals surface area contributed by atoms with Crippen LogP contribution in [0.3, 0.4) is 0 Å². The Balaban J connectivity index is 1.62. The van der Waals surface area contributed by atoms with Gasteiger partial charge in [-0.15, -0.1) is 0 Å². The van der Waals surface area contributed by atoms with E-state index in [4.69, 9.17) is 14.6 Å². The van der Waals surface area contributed by atoms with E-state index in [1.807, 2.05) is 0 Å². The number of ether oxygens (including phenoxy) is 2. The van der Waals surface area contributed by atoms with Crippen molar-refractivity contribution in [1.29, 1.82) is 0 Å². The molecule has 2 heterocycles. The molecule has 2 aromatic carbocycles. The number of nitrogens with zero attached hydrogens (tertiary/aromatic N) is 2. The molecule has 34 heavy (non-hydrogen) atoms. The van der Waals surface area contributed by atoms with Gasteiger partial charge in [-0.05, 0) is 61.4 Å². The van der Waals surface area contributed by atoms with Gasteiger partial charge in [0.1, 0.15) is 11.8 Å². The van der Waals surface area contributed by atoms with Crippen LogP contribution in [0.1, 0.15) is 29.6 Å². The molecular weight excluding hydrogens is 462 g/mol. The van der Waals surface area contributed by atoms with Crippen LogP contribution in [0, 0.1) is 0 Å². The fraction of sp³-hybridized carbons (Fsp3) is 0.348. The minimum absolute atomic E-state index is 0.137. The van der Waals surface area contributed by atoms with Crippen LogP contribution in [0.5, 0.6) is 5.75 Å². The highest BCUT2D eigenvalue weighted by Crippen LogP contribution is 2.29. The molecule has 0 aromatic heterocycles. The van der Waals surface area contributed by atoms with E-state index < -0.39 is 33.8 Å². The molecule has 2 atom stereocenters. The van der Waals surface area contributed by atoms with E-state index >= 15 is 0 Å². The fourth-order valence-corrected chi connectivity index (χ4v) is 4.69. The van der Waals surface area contributed by atoms with Gasteiger partial charge in [0.25, 0.3) is 11.8 Å². The molecule has 180 valence electrons. The number of primary sulfonamides is 1. The van der Waals surface area contributed by atoms with E-state index in [1.165, 1.54) is 36.3 Å². The van der Waals surface area contributed by atoms with Crippen molar-refractivity contribution in [2.45, 2.75) is 36.3 Å². The molecule has 2 aliphatic heterocycles. The molecule has 2 N–H and O–H groups in total. The van der Waals surface area contributed by atoms with Crippen molar-refractivity contribution < 1.29 is 32.3 Å². The van der Waals surface area contributed by atoms with Crippen molar-refractivity contribution in [3.63, 3.8) is 0 Å². The third-order valence-corrected chi connectivity index (χ3v) is 6.87. The van der Waals surface area contributed by atoms with Gasteiger partial charge in [-0.2, -0.15) is 0 Å². The van der Waals surface area contributed by atoms with Gasteiger partial charge in [-0.25, -0.2) is 18.5 Å². The monoisotopic (exact) mass is 487 g/mol. The Kier molecular flexibility index (Phi) is 6.69. The van der Waals surface area contributed by atoms with Crippen molar-refractivity contribution >= 4 is 33.4 Å². The number of hydrogen-bond donors (Lipinski definition) is 1. The van der Waals surface area contributed by atoms with E-state index in [2.05, 4.69) is 0 Å². The average Bonchev–Trinajstić information content (AvgIpc) is 3.44. The number of rotatable bonds is 7. The number of carbonyl (C=O) groups is 3. The van der Waals surface area contributed by atoms with Gasteiger partial charge in [-0.3, -0.25) is 14.4 Å². The summed E-state index contributed by atoms with van der Waals surface area (Å²) in [5.74, 6) is -0.856. The Morgan fingerprint density at radius 2 is 1.82 bits per heavy atom. The summed E-state index contributed by atoms with van der Waals surface area (Å²) >= 11 is 0. The van der Waals surface area contributed by atoms with Gasteiger partial charge in [-0.1, -0.05) is 0 Å². The zero-order valence-electron chi connectivity index (χ0n) is 18.5. The number of hydrogen-bond acceptors (Lipinski definition) is 7. The number of sulfonamides is 1. The van der Waals surface area contributed by atoms with Crippen molar-refractivity contribution in [2.75, 3.05) is 25.2 Å². The molecule has 10 nitrogen and oxygen atoms in total. The highest BCUT2D eigenvalue weighted by Gasteiger charge is 2.45. The maximum atomic E-state index is 13.4. The SMILES string of the molecule is COc1ccc(C(=O)N(CC2CCCO2)C2CC(=O)N(c3ccc(S(N)(=O)=O)cc3)C2=O)cc1. The molecule has 2 saturated heterocycles. The summed E-state index contributed by atoms with van der Waals surface area (Å²) < 4.78 is 33.9. The molecule has 0 aliphatic carbocycles. The van der Waals surface area contributed by atoms with Crippen LogP contribution in [-0.4, -0.2) is 63.4 Å². The van der Waals surface area contributed by atoms with E-state index in [-0.39, 0.29) is 29.7 Å². The highest BCUT2D eigenvalue weighted by atomic mass is 32.2. The van der Waals surface area contributed by atoms with Gasteiger partial charge in [0.05, 0.1) is 30.2 Å². The van der Waals surface area contributed by atoms with Gasteiger partial charge in [0, 0.05) is 18.7 Å². The second kappa shape index (κ2) is 9.53. The number of methoxy groups -OCH3 is 1. The van der Waals surface area contributed by atoms with Crippen LogP contribution in [0.4, 0.5) is 5.69 Å². The number of nitrogens with two attached hydrogens (primary N) is 1. The molecule has 0 radical (unpaired) electrons. The van der Waals surface area contributed by atoms with E-state index in [9.17, 15) is 22.8 Å². The molecule has 0 saturated carbocycles. The third-order valence-electron chi connectivity index (χ3n) is 5.94. The van der Waals surface area contributed by atoms with E-state index in [0.29, 0.717) is 17.9 Å². The molecule has 0 bridgehead atoms. The summed E-state index contributed by atoms with van der Waals surface area (Å²) in [6.45, 7) is 0.752. The van der Waals surface area contributed by atoms with Crippen molar-refractivity contribution in [3.05, 3.63) is 54.1 Å². The number of benzene rings is 2. The molecule has 3 amide bonds. The average molecular weight is 488 g/mol. The second-order valence-corrected chi connectivity index (χ2v) is 9.71. The predicted octanol–water partition coefficient (Wildman–Crippen LogP) is 1.30. The van der Waals surface area contributed by atoms with Crippen molar-refractivity contribution in [3.8, 4) is 5.75 Å². The summed E-state index contributed by atoms with van der Waals surface area (Å²) in [7, 11) is -2.40. The zero-order valence-corrected chi connectivity index (χ0v) is 19.4. The first kappa shape index (κ1) is 23.9. The predicted molar refractivity (Wildman–Crippen MR) is 122 cm³/mol. The Hall–Kier alpha value is -3.28. The molecule has 4 rings (SSSR count). The van der Waals surface area contributed by atoms with E-state index in [0.717, 1.165) is 17.7 Å². The van der Waals surface area contributed by atoms with Crippen molar-refractivity contribution in [1.82, 2.24) is 4.90 Å². The lowest BCUT2D eigenvalue weighted by Gasteiger charge is -2.30. The Bertz CT molecular complexity index is 1190. The Labute approximate surface area is 197 Å². The van der Waals surface area contributed by atoms with Gasteiger partial charge in [0.15, 0.2) is 0 Å². The fourth-order valence-electron chi connectivity index (χ4n) is 4.17. The summed E-state index contributed by atoms with van der Waals surface area (Å²) in [5, 5.41) is 5.12. The largest absolute Gasteiger partial charge is 0.497 e. The standard InChI is InChI=1S/C23H25N3O7S/c1-32-17-8-4-15(5-9-17)22(28)25(14-18-3-2-12-33-18)20-13-21(27)26(23(20)29)16-6-10-19(11-7-16)34(24,30)31/h4-11,18,20H,2-3,12-14H2,1H3,(H2,24,30,31). The smallest absolute Gasteiger partial charge is 0.257 e. The highest BCUT2D eigenvalue weighted by molar-refractivity contribution is 7.89. The lowest BCUT2D eigenvalue weighted by molar-refractivity contribution is -0.122. The second-order valence-electron chi connectivity index (χ2n) is 8.15. The minimum Gasteiger partial charge on any atom is -0.497 e. The first-order valence-corrected chi connectivity index (χ1v) is 12.3. The molecule has 2 unspecified atom stereocenters. The number of imide groups is 1. The molecule has 11 heteroatoms. The van der Waals surface area contributed by atoms with Crippen LogP contribution in [0.25, 0.3) is 0 Å². The van der Waals surface area contributed by atoms with Gasteiger partial charge in [0.2, 0.25) is 15.9 Å². The van der Waals surface area contributed by atoms with Crippen LogP contribution in [-0.2, 0) is 24.3 Å². The topological polar surface area (TPSA) is 136 Å². The lowest BCUT2D eigenvalue weighted by Crippen LogP contribution is -2.48. The van der Waals surface area contributed by atoms with Crippen LogP contribution < -0.4 is 14.8 Å². The number of anilines is 1. The molecule has 2 fully saturated rings. The van der Waals surface area contributed by atoms with Gasteiger partial charge < -0.3 is 14.4 Å². The van der Waals surface area contributed by atoms with Gasteiger partial charge >= 0.3 is 0 Å². The first-order valence-electron chi connectivity index (χ1n) is 10.8. The van der Waals surface area contributed by atoms with Crippen LogP contribution >= 0.6 is 0 Å². The van der Waals surface area contributed by atoms with Crippen LogP contribution in [0.15, 0.2) is 53.4 Å². The Morgan fingerprint density at radius 3 is 2.38 bits per heavy atom. The maximum absolute atomic E-state index is 13.4. The maximum Gasteiger partial charge on any atom is 0.257 e.